The number of aryl methyl sites for hydroxylation is 1. The zero-order valence-electron chi connectivity index (χ0n) is 16.5. The van der Waals surface area contributed by atoms with Crippen LogP contribution in [0.2, 0.25) is 0 Å². The van der Waals surface area contributed by atoms with E-state index in [1.807, 2.05) is 36.4 Å². The third kappa shape index (κ3) is 4.72. The predicted octanol–water partition coefficient (Wildman–Crippen LogP) is 3.76. The molecule has 8 heteroatoms. The zero-order chi connectivity index (χ0) is 20.8. The molecule has 0 atom stereocenters. The second-order valence-corrected chi connectivity index (χ2v) is 7.51. The van der Waals surface area contributed by atoms with E-state index in [1.165, 1.54) is 0 Å². The van der Waals surface area contributed by atoms with Gasteiger partial charge >= 0.3 is 0 Å². The number of methoxy groups -OCH3 is 1. The highest BCUT2D eigenvalue weighted by Gasteiger charge is 2.10. The van der Waals surface area contributed by atoms with Crippen molar-refractivity contribution < 1.29 is 9.53 Å². The highest BCUT2D eigenvalue weighted by Crippen LogP contribution is 2.21. The van der Waals surface area contributed by atoms with E-state index in [-0.39, 0.29) is 5.91 Å². The summed E-state index contributed by atoms with van der Waals surface area (Å²) in [5.74, 6) is 0.593. The van der Waals surface area contributed by atoms with E-state index in [4.69, 9.17) is 4.74 Å². The van der Waals surface area contributed by atoms with Crippen molar-refractivity contribution in [1.29, 1.82) is 0 Å². The van der Waals surface area contributed by atoms with Crippen LogP contribution in [0, 0.1) is 0 Å². The third-order valence-corrected chi connectivity index (χ3v) is 5.45. The second kappa shape index (κ2) is 9.32. The minimum atomic E-state index is -0.182. The summed E-state index contributed by atoms with van der Waals surface area (Å²) in [6.45, 7) is 0.568. The number of nitrogens with one attached hydrogen (secondary N) is 1. The smallest absolute Gasteiger partial charge is 0.271 e. The summed E-state index contributed by atoms with van der Waals surface area (Å²) in [5, 5.41) is 10.4. The first-order valence-corrected chi connectivity index (χ1v) is 10.4. The first kappa shape index (κ1) is 19.8. The van der Waals surface area contributed by atoms with E-state index in [9.17, 15) is 4.79 Å². The fourth-order valence-corrected chi connectivity index (χ4v) is 3.79. The number of ether oxygens (including phenoxy) is 1. The van der Waals surface area contributed by atoms with Gasteiger partial charge < -0.3 is 10.1 Å². The van der Waals surface area contributed by atoms with E-state index in [0.717, 1.165) is 40.5 Å². The topological polar surface area (TPSA) is 81.9 Å². The van der Waals surface area contributed by atoms with Crippen molar-refractivity contribution in [2.75, 3.05) is 13.7 Å². The number of nitrogens with zero attached hydrogens (tertiary/aromatic N) is 4. The highest BCUT2D eigenvalue weighted by molar-refractivity contribution is 7.09. The summed E-state index contributed by atoms with van der Waals surface area (Å²) in [7, 11) is 1.62. The van der Waals surface area contributed by atoms with Crippen LogP contribution in [0.15, 0.2) is 66.4 Å². The highest BCUT2D eigenvalue weighted by atomic mass is 32.1. The minimum absolute atomic E-state index is 0.182. The Bertz CT molecular complexity index is 1110. The molecule has 4 rings (SSSR count). The van der Waals surface area contributed by atoms with Gasteiger partial charge in [-0.05, 0) is 48.9 Å². The number of hydrogen-bond acceptors (Lipinski definition) is 6. The number of rotatable bonds is 8. The molecule has 0 bridgehead atoms. The van der Waals surface area contributed by atoms with Crippen LogP contribution in [0.3, 0.4) is 0 Å². The Balaban J connectivity index is 1.26. The first-order valence-electron chi connectivity index (χ1n) is 9.56. The quantitative estimate of drug-likeness (QED) is 0.440. The fourth-order valence-electron chi connectivity index (χ4n) is 2.94. The summed E-state index contributed by atoms with van der Waals surface area (Å²) >= 11 is 1.63. The lowest BCUT2D eigenvalue weighted by Gasteiger charge is -2.04. The van der Waals surface area contributed by atoms with Crippen LogP contribution in [-0.2, 0) is 6.42 Å². The van der Waals surface area contributed by atoms with E-state index >= 15 is 0 Å². The largest absolute Gasteiger partial charge is 0.497 e. The van der Waals surface area contributed by atoms with Gasteiger partial charge in [-0.1, -0.05) is 0 Å². The average molecular weight is 420 g/mol. The van der Waals surface area contributed by atoms with E-state index < -0.39 is 0 Å². The standard InChI is InChI=1S/C22H21N5O2S/c1-29-18-6-4-17(5-7-18)27-14-10-19(26-27)22(28)24-11-2-3-21-25-20(15-30-21)16-8-12-23-13-9-16/h4-10,12-15H,2-3,11H2,1H3,(H,24,28). The van der Waals surface area contributed by atoms with Gasteiger partial charge in [0.2, 0.25) is 0 Å². The van der Waals surface area contributed by atoms with Gasteiger partial charge in [0.1, 0.15) is 5.75 Å². The van der Waals surface area contributed by atoms with Crippen molar-refractivity contribution in [2.24, 2.45) is 0 Å². The molecule has 1 aromatic carbocycles. The maximum absolute atomic E-state index is 12.4. The molecule has 0 saturated carbocycles. The molecule has 0 spiro atoms. The summed E-state index contributed by atoms with van der Waals surface area (Å²) in [6.07, 6.45) is 6.93. The molecule has 0 fully saturated rings. The van der Waals surface area contributed by atoms with Crippen molar-refractivity contribution in [3.05, 3.63) is 77.1 Å². The van der Waals surface area contributed by atoms with Gasteiger partial charge in [-0.2, -0.15) is 5.10 Å². The molecular formula is C22H21N5O2S. The molecule has 3 heterocycles. The minimum Gasteiger partial charge on any atom is -0.497 e. The fraction of sp³-hybridized carbons (Fsp3) is 0.182. The summed E-state index contributed by atoms with van der Waals surface area (Å²) in [5.41, 5.74) is 3.28. The Morgan fingerprint density at radius 3 is 2.70 bits per heavy atom. The van der Waals surface area contributed by atoms with Crippen molar-refractivity contribution in [1.82, 2.24) is 25.1 Å². The Morgan fingerprint density at radius 1 is 1.13 bits per heavy atom. The van der Waals surface area contributed by atoms with Crippen LogP contribution in [0.25, 0.3) is 16.9 Å². The molecule has 3 aromatic heterocycles. The van der Waals surface area contributed by atoms with Gasteiger partial charge in [-0.3, -0.25) is 9.78 Å². The summed E-state index contributed by atoms with van der Waals surface area (Å²) in [4.78, 5) is 21.1. The lowest BCUT2D eigenvalue weighted by atomic mass is 10.2. The van der Waals surface area contributed by atoms with Crippen LogP contribution in [-0.4, -0.2) is 39.3 Å². The van der Waals surface area contributed by atoms with Gasteiger partial charge in [-0.15, -0.1) is 11.3 Å². The molecule has 0 saturated heterocycles. The van der Waals surface area contributed by atoms with Crippen molar-refractivity contribution in [3.8, 4) is 22.7 Å². The molecule has 0 aliphatic carbocycles. The van der Waals surface area contributed by atoms with Crippen molar-refractivity contribution >= 4 is 17.2 Å². The lowest BCUT2D eigenvalue weighted by Crippen LogP contribution is -2.25. The molecule has 0 unspecified atom stereocenters. The maximum atomic E-state index is 12.4. The van der Waals surface area contributed by atoms with Crippen LogP contribution in [0.5, 0.6) is 5.75 Å². The van der Waals surface area contributed by atoms with Crippen LogP contribution in [0.4, 0.5) is 0 Å². The third-order valence-electron chi connectivity index (χ3n) is 4.54. The molecule has 30 heavy (non-hydrogen) atoms. The summed E-state index contributed by atoms with van der Waals surface area (Å²) in [6, 6.07) is 13.1. The number of thiazole rings is 1. The van der Waals surface area contributed by atoms with Crippen LogP contribution >= 0.6 is 11.3 Å². The van der Waals surface area contributed by atoms with Crippen LogP contribution < -0.4 is 10.1 Å². The maximum Gasteiger partial charge on any atom is 0.271 e. The Labute approximate surface area is 178 Å². The molecule has 1 amide bonds. The molecule has 0 aliphatic heterocycles. The number of pyridine rings is 1. The van der Waals surface area contributed by atoms with Crippen molar-refractivity contribution in [3.63, 3.8) is 0 Å². The lowest BCUT2D eigenvalue weighted by molar-refractivity contribution is 0.0948. The molecule has 7 nitrogen and oxygen atoms in total. The molecule has 152 valence electrons. The molecule has 1 N–H and O–H groups in total. The first-order chi connectivity index (χ1) is 14.7. The zero-order valence-corrected chi connectivity index (χ0v) is 17.3. The van der Waals surface area contributed by atoms with E-state index in [2.05, 4.69) is 25.8 Å². The van der Waals surface area contributed by atoms with Gasteiger partial charge in [-0.25, -0.2) is 9.67 Å². The van der Waals surface area contributed by atoms with Gasteiger partial charge in [0.25, 0.3) is 5.91 Å². The average Bonchev–Trinajstić information content (AvgIpc) is 3.47. The Kier molecular flexibility index (Phi) is 6.14. The number of aromatic nitrogens is 4. The number of amides is 1. The number of hydrogen-bond donors (Lipinski definition) is 1. The number of carbonyl (C=O) groups excluding carboxylic acids is 1. The van der Waals surface area contributed by atoms with Gasteiger partial charge in [0.05, 0.1) is 23.5 Å². The Hall–Kier alpha value is -3.52. The molecule has 0 radical (unpaired) electrons. The Morgan fingerprint density at radius 2 is 1.93 bits per heavy atom. The number of benzene rings is 1. The van der Waals surface area contributed by atoms with E-state index in [0.29, 0.717) is 12.2 Å². The van der Waals surface area contributed by atoms with Gasteiger partial charge in [0.15, 0.2) is 5.69 Å². The SMILES string of the molecule is COc1ccc(-n2ccc(C(=O)NCCCc3nc(-c4ccncc4)cs3)n2)cc1. The predicted molar refractivity (Wildman–Crippen MR) is 116 cm³/mol. The molecule has 4 aromatic rings. The second-order valence-electron chi connectivity index (χ2n) is 6.57. The normalized spacial score (nSPS) is 10.7. The van der Waals surface area contributed by atoms with Gasteiger partial charge in [0, 0.05) is 42.5 Å². The molecular weight excluding hydrogens is 398 g/mol. The molecule has 0 aliphatic rings. The van der Waals surface area contributed by atoms with Crippen LogP contribution in [0.1, 0.15) is 21.9 Å². The number of carbonyl (C=O) groups is 1. The van der Waals surface area contributed by atoms with E-state index in [1.54, 1.807) is 47.8 Å². The summed E-state index contributed by atoms with van der Waals surface area (Å²) < 4.78 is 6.83. The van der Waals surface area contributed by atoms with Crippen molar-refractivity contribution in [2.45, 2.75) is 12.8 Å². The monoisotopic (exact) mass is 419 g/mol.